The van der Waals surface area contributed by atoms with Crippen molar-refractivity contribution >= 4 is 58.3 Å². The van der Waals surface area contributed by atoms with Gasteiger partial charge in [-0.05, 0) is 73.0 Å². The van der Waals surface area contributed by atoms with Crippen molar-refractivity contribution in [2.75, 3.05) is 47.4 Å². The fraction of sp³-hybridized carbons (Fsp3) is 0.250. The molecule has 8 rings (SSSR count). The number of nitrogens with one attached hydrogen (secondary N) is 5. The van der Waals surface area contributed by atoms with E-state index in [4.69, 9.17) is 10.8 Å². The average molecular weight is 885 g/mol. The Bertz CT molecular complexity index is 2820. The van der Waals surface area contributed by atoms with Gasteiger partial charge in [0.05, 0.1) is 57.2 Å². The normalized spacial score (nSPS) is 14.8. The van der Waals surface area contributed by atoms with Gasteiger partial charge in [0.25, 0.3) is 11.8 Å². The fourth-order valence-electron chi connectivity index (χ4n) is 8.11. The van der Waals surface area contributed by atoms with Gasteiger partial charge in [0, 0.05) is 35.1 Å². The first-order valence-corrected chi connectivity index (χ1v) is 21.4. The van der Waals surface area contributed by atoms with Crippen LogP contribution in [-0.4, -0.2) is 79.4 Å². The summed E-state index contributed by atoms with van der Waals surface area (Å²) in [5.74, 6) is -0.802. The van der Waals surface area contributed by atoms with Crippen LogP contribution < -0.4 is 32.3 Å². The minimum absolute atomic E-state index is 0.0315. The first-order valence-electron chi connectivity index (χ1n) is 21.4. The van der Waals surface area contributed by atoms with Crippen LogP contribution in [0.1, 0.15) is 64.6 Å². The van der Waals surface area contributed by atoms with Gasteiger partial charge in [0.2, 0.25) is 0 Å². The van der Waals surface area contributed by atoms with Gasteiger partial charge in [-0.15, -0.1) is 0 Å². The molecular weight excluding hydrogens is 837 g/mol. The van der Waals surface area contributed by atoms with Gasteiger partial charge in [-0.1, -0.05) is 67.6 Å². The number of nitrogens with zero attached hydrogens (tertiary/aromatic N) is 8. The minimum atomic E-state index is -0.884. The molecule has 2 aliphatic heterocycles. The topological polar surface area (TPSA) is 244 Å². The number of hydrogen-bond acceptors (Lipinski definition) is 10. The first kappa shape index (κ1) is 44.0. The Hall–Kier alpha value is -8.64. The maximum Gasteiger partial charge on any atom is 0.322 e. The lowest BCUT2D eigenvalue weighted by Crippen LogP contribution is -2.66. The molecule has 0 bridgehead atoms. The number of primary amides is 1. The second-order valence-corrected chi connectivity index (χ2v) is 16.6. The molecule has 0 radical (unpaired) electrons. The quantitative estimate of drug-likeness (QED) is 0.0615. The highest BCUT2D eigenvalue weighted by molar-refractivity contribution is 6.08. The van der Waals surface area contributed by atoms with Crippen molar-refractivity contribution in [2.45, 2.75) is 50.2 Å². The van der Waals surface area contributed by atoms with Gasteiger partial charge in [-0.3, -0.25) is 19.0 Å². The molecule has 66 heavy (non-hydrogen) atoms. The van der Waals surface area contributed by atoms with Gasteiger partial charge in [0.15, 0.2) is 11.6 Å². The third-order valence-corrected chi connectivity index (χ3v) is 11.9. The van der Waals surface area contributed by atoms with Crippen molar-refractivity contribution in [1.29, 1.82) is 10.5 Å². The second kappa shape index (κ2) is 18.6. The summed E-state index contributed by atoms with van der Waals surface area (Å²) < 4.78 is 3.13. The molecule has 1 unspecified atom stereocenters. The predicted octanol–water partition coefficient (Wildman–Crippen LogP) is 7.03. The number of benzene rings is 4. The lowest BCUT2D eigenvalue weighted by atomic mass is 9.87. The summed E-state index contributed by atoms with van der Waals surface area (Å²) in [4.78, 5) is 56.2. The number of urea groups is 2. The van der Waals surface area contributed by atoms with Crippen molar-refractivity contribution in [3.05, 3.63) is 144 Å². The van der Waals surface area contributed by atoms with Crippen molar-refractivity contribution in [3.8, 4) is 12.1 Å². The van der Waals surface area contributed by atoms with E-state index >= 15 is 0 Å². The monoisotopic (exact) mass is 884 g/mol. The van der Waals surface area contributed by atoms with E-state index in [2.05, 4.69) is 50.7 Å². The molecule has 2 saturated heterocycles. The molecule has 18 nitrogen and oxygen atoms in total. The zero-order valence-corrected chi connectivity index (χ0v) is 36.4. The maximum atomic E-state index is 14.0. The minimum Gasteiger partial charge on any atom is -0.365 e. The fourth-order valence-corrected chi connectivity index (χ4v) is 8.11. The Morgan fingerprint density at radius 1 is 0.652 bits per heavy atom. The summed E-state index contributed by atoms with van der Waals surface area (Å²) in [6, 6.07) is 36.8. The molecule has 2 aromatic heterocycles. The summed E-state index contributed by atoms with van der Waals surface area (Å²) in [6.45, 7) is 4.72. The number of aryl methyl sites for hydroxylation is 1. The summed E-state index contributed by atoms with van der Waals surface area (Å²) >= 11 is 0. The van der Waals surface area contributed by atoms with E-state index < -0.39 is 22.9 Å². The molecule has 4 aromatic carbocycles. The summed E-state index contributed by atoms with van der Waals surface area (Å²) in [5.41, 5.74) is 8.75. The van der Waals surface area contributed by atoms with Crippen LogP contribution in [0.4, 0.5) is 44.0 Å². The number of nitriles is 2. The van der Waals surface area contributed by atoms with Gasteiger partial charge in [-0.25, -0.2) is 9.59 Å². The molecule has 4 heterocycles. The Labute approximate surface area is 381 Å². The van der Waals surface area contributed by atoms with Crippen molar-refractivity contribution in [1.82, 2.24) is 34.7 Å². The van der Waals surface area contributed by atoms with E-state index in [0.717, 1.165) is 17.5 Å². The number of para-hydroxylation sites is 1. The van der Waals surface area contributed by atoms with Crippen molar-refractivity contribution in [3.63, 3.8) is 0 Å². The molecule has 0 aliphatic carbocycles. The number of nitrogens with two attached hydrogens (primary N) is 1. The van der Waals surface area contributed by atoms with E-state index in [1.54, 1.807) is 44.9 Å². The maximum absolute atomic E-state index is 14.0. The number of amides is 6. The molecule has 1 atom stereocenters. The zero-order chi connectivity index (χ0) is 46.4. The molecule has 6 amide bonds. The Kier molecular flexibility index (Phi) is 12.4. The van der Waals surface area contributed by atoms with E-state index in [9.17, 15) is 29.7 Å². The van der Waals surface area contributed by atoms with E-state index in [1.165, 1.54) is 10.9 Å². The molecular formula is C48H48N14O4. The van der Waals surface area contributed by atoms with Gasteiger partial charge < -0.3 is 42.1 Å². The molecule has 6 aromatic rings. The highest BCUT2D eigenvalue weighted by Crippen LogP contribution is 2.37. The Morgan fingerprint density at radius 2 is 1.12 bits per heavy atom. The Morgan fingerprint density at radius 3 is 1.67 bits per heavy atom. The van der Waals surface area contributed by atoms with Crippen molar-refractivity contribution < 1.29 is 19.2 Å². The lowest BCUT2D eigenvalue weighted by molar-refractivity contribution is 0.0337. The highest BCUT2D eigenvalue weighted by Gasteiger charge is 2.49. The average Bonchev–Trinajstić information content (AvgIpc) is 3.92. The zero-order valence-electron chi connectivity index (χ0n) is 36.4. The highest BCUT2D eigenvalue weighted by atomic mass is 16.2. The second-order valence-electron chi connectivity index (χ2n) is 16.6. The predicted molar refractivity (Wildman–Crippen MR) is 248 cm³/mol. The smallest absolute Gasteiger partial charge is 0.322 e. The number of carbonyl (C=O) groups excluding carboxylic acids is 4. The molecule has 2 aliphatic rings. The van der Waals surface area contributed by atoms with Crippen LogP contribution in [0.2, 0.25) is 0 Å². The number of hydrogen-bond donors (Lipinski definition) is 6. The van der Waals surface area contributed by atoms with Gasteiger partial charge >= 0.3 is 12.1 Å². The van der Waals surface area contributed by atoms with E-state index in [0.29, 0.717) is 22.7 Å². The number of rotatable bonds is 15. The number of carbonyl (C=O) groups is 4. The van der Waals surface area contributed by atoms with Crippen LogP contribution >= 0.6 is 0 Å². The molecule has 7 N–H and O–H groups in total. The first-order chi connectivity index (χ1) is 31.9. The summed E-state index contributed by atoms with van der Waals surface area (Å²) in [6.07, 6.45) is 4.04. The van der Waals surface area contributed by atoms with Crippen LogP contribution in [0.25, 0.3) is 0 Å². The van der Waals surface area contributed by atoms with E-state index in [1.807, 2.05) is 91.9 Å². The number of aromatic nitrogens is 4. The molecule has 2 fully saturated rings. The van der Waals surface area contributed by atoms with E-state index in [-0.39, 0.29) is 79.9 Å². The van der Waals surface area contributed by atoms with Crippen LogP contribution in [0.5, 0.6) is 0 Å². The van der Waals surface area contributed by atoms with Crippen molar-refractivity contribution in [2.24, 2.45) is 5.73 Å². The Balaban J connectivity index is 0.955. The van der Waals surface area contributed by atoms with Crippen LogP contribution in [0, 0.1) is 22.7 Å². The molecule has 0 spiro atoms. The molecule has 0 saturated carbocycles. The standard InChI is InChI=1S/C48H48N14O4/c1-3-33-14-16-38(17-15-33)56-46(66)60-30-48(31-60,23-25-50)62-27-40(43(58-62)53-35-12-8-5-9-13-35)44(64)55-37-20-18-36(19-21-37)54-42-39(41(51)63)26-61(57-42)47(22-24-49)28-59(29-47)45(65)52-32(2)34-10-6-4-7-11-34/h4-21,26-27,32H,3,22-23,28-31H2,1-2H3,(H2,51,63)(H,52,65)(H,53,58)(H,54,57)(H,55,64)(H,56,66). The number of anilines is 6. The summed E-state index contributed by atoms with van der Waals surface area (Å²) in [7, 11) is 0. The number of likely N-dealkylation sites (tertiary alicyclic amines) is 2. The molecule has 334 valence electrons. The SMILES string of the molecule is CCc1ccc(NC(=O)N2CC(CC#N)(n3cc(C(=O)Nc4ccc(Nc5nn(C6(CC#N)CN(C(=O)NC(C)c7ccccc7)C6)cc5C(N)=O)cc4)c(Nc4ccccc4)n3)C2)cc1. The third kappa shape index (κ3) is 9.20. The van der Waals surface area contributed by atoms with Crippen LogP contribution in [-0.2, 0) is 17.5 Å². The third-order valence-electron chi connectivity index (χ3n) is 11.9. The van der Waals surface area contributed by atoms with Gasteiger partial charge in [0.1, 0.15) is 22.2 Å². The summed E-state index contributed by atoms with van der Waals surface area (Å²) in [5, 5.41) is 44.3. The van der Waals surface area contributed by atoms with Gasteiger partial charge in [-0.2, -0.15) is 20.7 Å². The van der Waals surface area contributed by atoms with Crippen LogP contribution in [0.3, 0.4) is 0 Å². The molecule has 18 heteroatoms. The van der Waals surface area contributed by atoms with Crippen LogP contribution in [0.15, 0.2) is 122 Å². The lowest BCUT2D eigenvalue weighted by Gasteiger charge is -2.49. The largest absolute Gasteiger partial charge is 0.365 e.